The number of fused-ring (bicyclic) bond motifs is 1. The maximum absolute atomic E-state index is 13.2. The molecule has 1 aromatic carbocycles. The maximum Gasteiger partial charge on any atom is 0.254 e. The molecular formula is C27H33N5O5. The van der Waals surface area contributed by atoms with E-state index in [-0.39, 0.29) is 62.0 Å². The number of ketones is 1. The number of nitrogens with one attached hydrogen (secondary N) is 2. The first kappa shape index (κ1) is 27.5. The minimum Gasteiger partial charge on any atom is -0.396 e. The van der Waals surface area contributed by atoms with Crippen LogP contribution in [-0.4, -0.2) is 68.9 Å². The van der Waals surface area contributed by atoms with Crippen molar-refractivity contribution in [2.45, 2.75) is 44.7 Å². The number of hydrogen-bond donors (Lipinski definition) is 3. The Kier molecular flexibility index (Phi) is 9.91. The molecule has 2 amide bonds. The van der Waals surface area contributed by atoms with E-state index in [0.717, 1.165) is 11.0 Å². The lowest BCUT2D eigenvalue weighted by atomic mass is 10.00. The molecule has 37 heavy (non-hydrogen) atoms. The molecule has 0 radical (unpaired) electrons. The first-order chi connectivity index (χ1) is 17.8. The molecule has 0 unspecified atom stereocenters. The highest BCUT2D eigenvalue weighted by atomic mass is 16.3. The number of para-hydroxylation sites is 2. The van der Waals surface area contributed by atoms with Crippen molar-refractivity contribution in [1.29, 1.82) is 0 Å². The zero-order valence-electron chi connectivity index (χ0n) is 21.1. The summed E-state index contributed by atoms with van der Waals surface area (Å²) in [6, 6.07) is 10.1. The molecule has 0 aliphatic heterocycles. The van der Waals surface area contributed by atoms with Gasteiger partial charge in [0.05, 0.1) is 23.6 Å². The molecule has 1 atom stereocenters. The smallest absolute Gasteiger partial charge is 0.254 e. The Morgan fingerprint density at radius 1 is 1.19 bits per heavy atom. The second-order valence-electron chi connectivity index (χ2n) is 8.97. The number of aliphatic hydroxyl groups excluding tert-OH is 1. The SMILES string of the molecule is CN(C)C(=O)/C=C/CC[C@H](NC(=O)CCCO)C(=O)Cc1cccn(Cc2nc3ccccc3[nH]2)c1=O. The van der Waals surface area contributed by atoms with Gasteiger partial charge in [-0.15, -0.1) is 0 Å². The number of carbonyl (C=O) groups is 3. The summed E-state index contributed by atoms with van der Waals surface area (Å²) in [6.07, 6.45) is 5.62. The number of pyridine rings is 1. The summed E-state index contributed by atoms with van der Waals surface area (Å²) in [5, 5.41) is 11.7. The van der Waals surface area contributed by atoms with E-state index in [1.807, 2.05) is 24.3 Å². The number of Topliss-reactive ketones (excluding diaryl/α,β-unsaturated/α-hetero) is 1. The Hall–Kier alpha value is -4.05. The molecule has 0 saturated heterocycles. The molecule has 0 aliphatic rings. The van der Waals surface area contributed by atoms with Crippen LogP contribution in [0.1, 0.15) is 37.1 Å². The number of hydrogen-bond acceptors (Lipinski definition) is 6. The summed E-state index contributed by atoms with van der Waals surface area (Å²) < 4.78 is 1.49. The summed E-state index contributed by atoms with van der Waals surface area (Å²) in [4.78, 5) is 59.4. The van der Waals surface area contributed by atoms with Gasteiger partial charge in [-0.3, -0.25) is 19.2 Å². The van der Waals surface area contributed by atoms with Crippen LogP contribution >= 0.6 is 0 Å². The van der Waals surface area contributed by atoms with Crippen LogP contribution in [0.3, 0.4) is 0 Å². The van der Waals surface area contributed by atoms with Crippen molar-refractivity contribution in [2.24, 2.45) is 0 Å². The average Bonchev–Trinajstić information content (AvgIpc) is 3.29. The van der Waals surface area contributed by atoms with Gasteiger partial charge < -0.3 is 24.9 Å². The van der Waals surface area contributed by atoms with Crippen LogP contribution in [0.5, 0.6) is 0 Å². The number of carbonyl (C=O) groups excluding carboxylic acids is 3. The molecular weight excluding hydrogens is 474 g/mol. The van der Waals surface area contributed by atoms with Crippen LogP contribution in [0.25, 0.3) is 11.0 Å². The van der Waals surface area contributed by atoms with Crippen LogP contribution in [0, 0.1) is 0 Å². The molecule has 0 aliphatic carbocycles. The zero-order chi connectivity index (χ0) is 26.8. The summed E-state index contributed by atoms with van der Waals surface area (Å²) in [5.41, 5.74) is 1.69. The molecule has 2 aromatic heterocycles. The van der Waals surface area contributed by atoms with E-state index in [2.05, 4.69) is 15.3 Å². The maximum atomic E-state index is 13.2. The lowest BCUT2D eigenvalue weighted by molar-refractivity contribution is -0.127. The minimum absolute atomic E-state index is 0.0882. The Balaban J connectivity index is 1.72. The van der Waals surface area contributed by atoms with Crippen LogP contribution in [0.4, 0.5) is 0 Å². The lowest BCUT2D eigenvalue weighted by Crippen LogP contribution is -2.42. The van der Waals surface area contributed by atoms with E-state index in [9.17, 15) is 19.2 Å². The normalized spacial score (nSPS) is 12.1. The lowest BCUT2D eigenvalue weighted by Gasteiger charge is -2.17. The topological polar surface area (TPSA) is 137 Å². The first-order valence-electron chi connectivity index (χ1n) is 12.2. The first-order valence-corrected chi connectivity index (χ1v) is 12.2. The Labute approximate surface area is 215 Å². The van der Waals surface area contributed by atoms with Gasteiger partial charge in [-0.2, -0.15) is 0 Å². The van der Waals surface area contributed by atoms with Gasteiger partial charge in [0, 0.05) is 45.3 Å². The van der Waals surface area contributed by atoms with E-state index in [0.29, 0.717) is 17.8 Å². The fourth-order valence-electron chi connectivity index (χ4n) is 3.81. The van der Waals surface area contributed by atoms with Gasteiger partial charge in [0.25, 0.3) is 5.56 Å². The second-order valence-corrected chi connectivity index (χ2v) is 8.97. The van der Waals surface area contributed by atoms with Crippen molar-refractivity contribution in [2.75, 3.05) is 20.7 Å². The number of aliphatic hydroxyl groups is 1. The molecule has 196 valence electrons. The molecule has 10 heteroatoms. The zero-order valence-corrected chi connectivity index (χ0v) is 21.1. The van der Waals surface area contributed by atoms with E-state index in [1.54, 1.807) is 38.5 Å². The monoisotopic (exact) mass is 507 g/mol. The number of benzene rings is 1. The predicted molar refractivity (Wildman–Crippen MR) is 140 cm³/mol. The third-order valence-electron chi connectivity index (χ3n) is 5.83. The molecule has 3 rings (SSSR count). The van der Waals surface area contributed by atoms with Gasteiger partial charge >= 0.3 is 0 Å². The molecule has 0 spiro atoms. The van der Waals surface area contributed by atoms with Crippen LogP contribution < -0.4 is 10.9 Å². The van der Waals surface area contributed by atoms with Gasteiger partial charge in [-0.25, -0.2) is 4.98 Å². The summed E-state index contributed by atoms with van der Waals surface area (Å²) in [7, 11) is 3.28. The van der Waals surface area contributed by atoms with Crippen molar-refractivity contribution in [1.82, 2.24) is 24.8 Å². The molecule has 0 bridgehead atoms. The van der Waals surface area contributed by atoms with Gasteiger partial charge in [-0.05, 0) is 43.5 Å². The number of H-pyrrole nitrogens is 1. The van der Waals surface area contributed by atoms with Crippen molar-refractivity contribution >= 4 is 28.6 Å². The van der Waals surface area contributed by atoms with Crippen LogP contribution in [0.2, 0.25) is 0 Å². The predicted octanol–water partition coefficient (Wildman–Crippen LogP) is 1.57. The summed E-state index contributed by atoms with van der Waals surface area (Å²) >= 11 is 0. The van der Waals surface area contributed by atoms with E-state index >= 15 is 0 Å². The second kappa shape index (κ2) is 13.3. The highest BCUT2D eigenvalue weighted by Crippen LogP contribution is 2.11. The summed E-state index contributed by atoms with van der Waals surface area (Å²) in [5.74, 6) is -0.205. The van der Waals surface area contributed by atoms with E-state index in [4.69, 9.17) is 5.11 Å². The largest absolute Gasteiger partial charge is 0.396 e. The number of aromatic nitrogens is 3. The van der Waals surface area contributed by atoms with Crippen molar-refractivity contribution < 1.29 is 19.5 Å². The summed E-state index contributed by atoms with van der Waals surface area (Å²) in [6.45, 7) is 0.0950. The number of allylic oxidation sites excluding steroid dienone is 1. The standard InChI is InChI=1S/C27H33N5O5/c1-31(2)26(36)14-6-5-12-22(30-25(35)13-8-16-33)23(34)17-19-9-7-15-32(27(19)37)18-24-28-20-10-3-4-11-21(20)29-24/h3-4,6-7,9-11,14-15,22,33H,5,8,12-13,16-18H2,1-2H3,(H,28,29)(H,30,35)/b14-6+/t22-/m0/s1. The van der Waals surface area contributed by atoms with Crippen molar-refractivity contribution in [3.63, 3.8) is 0 Å². The van der Waals surface area contributed by atoms with Gasteiger partial charge in [0.2, 0.25) is 11.8 Å². The molecule has 0 saturated carbocycles. The highest BCUT2D eigenvalue weighted by Gasteiger charge is 2.21. The number of rotatable bonds is 13. The van der Waals surface area contributed by atoms with Gasteiger partial charge in [0.15, 0.2) is 5.78 Å². The third kappa shape index (κ3) is 7.97. The number of likely N-dealkylation sites (N-methyl/N-ethyl adjacent to an activating group) is 1. The third-order valence-corrected chi connectivity index (χ3v) is 5.83. The van der Waals surface area contributed by atoms with Crippen LogP contribution in [0.15, 0.2) is 59.5 Å². The fraction of sp³-hybridized carbons (Fsp3) is 0.370. The molecule has 3 N–H and O–H groups in total. The molecule has 10 nitrogen and oxygen atoms in total. The number of aromatic amines is 1. The Bertz CT molecular complexity index is 1290. The molecule has 2 heterocycles. The Morgan fingerprint density at radius 3 is 2.70 bits per heavy atom. The number of imidazole rings is 1. The molecule has 0 fully saturated rings. The quantitative estimate of drug-likeness (QED) is 0.300. The average molecular weight is 508 g/mol. The van der Waals surface area contributed by atoms with E-state index < -0.39 is 6.04 Å². The van der Waals surface area contributed by atoms with Crippen LogP contribution in [-0.2, 0) is 27.3 Å². The number of amides is 2. The van der Waals surface area contributed by atoms with Crippen molar-refractivity contribution in [3.8, 4) is 0 Å². The van der Waals surface area contributed by atoms with Gasteiger partial charge in [0.1, 0.15) is 5.82 Å². The number of nitrogens with zero attached hydrogens (tertiary/aromatic N) is 3. The molecule has 3 aromatic rings. The Morgan fingerprint density at radius 2 is 1.97 bits per heavy atom. The minimum atomic E-state index is -0.825. The highest BCUT2D eigenvalue weighted by molar-refractivity contribution is 5.90. The fourth-order valence-corrected chi connectivity index (χ4v) is 3.81. The van der Waals surface area contributed by atoms with E-state index in [1.165, 1.54) is 15.5 Å². The van der Waals surface area contributed by atoms with Gasteiger partial charge in [-0.1, -0.05) is 24.3 Å². The van der Waals surface area contributed by atoms with Crippen molar-refractivity contribution in [3.05, 3.63) is 76.5 Å².